The van der Waals surface area contributed by atoms with Crippen LogP contribution < -0.4 is 9.54 Å². The lowest BCUT2D eigenvalue weighted by Gasteiger charge is -2.06. The van der Waals surface area contributed by atoms with Gasteiger partial charge in [0.15, 0.2) is 11.4 Å². The Morgan fingerprint density at radius 1 is 1.26 bits per heavy atom. The van der Waals surface area contributed by atoms with Crippen LogP contribution in [0.25, 0.3) is 10.2 Å². The number of aromatic nitrogens is 1. The maximum atomic E-state index is 12.4. The Balaban J connectivity index is 1.84. The molecule has 2 aromatic carbocycles. The zero-order chi connectivity index (χ0) is 19.2. The van der Waals surface area contributed by atoms with Gasteiger partial charge in [0.25, 0.3) is 5.91 Å². The third-order valence-electron chi connectivity index (χ3n) is 3.88. The van der Waals surface area contributed by atoms with Crippen LogP contribution in [0.15, 0.2) is 51.9 Å². The van der Waals surface area contributed by atoms with Crippen molar-refractivity contribution in [1.29, 1.82) is 0 Å². The molecule has 142 valence electrons. The van der Waals surface area contributed by atoms with Gasteiger partial charge in [-0.1, -0.05) is 39.4 Å². The van der Waals surface area contributed by atoms with Crippen molar-refractivity contribution in [3.63, 3.8) is 0 Å². The molecule has 27 heavy (non-hydrogen) atoms. The fourth-order valence-corrected chi connectivity index (χ4v) is 4.26. The summed E-state index contributed by atoms with van der Waals surface area (Å²) in [4.78, 5) is 17.3. The summed E-state index contributed by atoms with van der Waals surface area (Å²) in [5.41, 5.74) is 2.12. The number of carbonyl (C=O) groups excluding carboxylic acids is 1. The van der Waals surface area contributed by atoms with Crippen LogP contribution in [0.3, 0.4) is 0 Å². The van der Waals surface area contributed by atoms with E-state index >= 15 is 0 Å². The molecule has 0 aliphatic rings. The predicted molar refractivity (Wildman–Crippen MR) is 111 cm³/mol. The quantitative estimate of drug-likeness (QED) is 0.505. The van der Waals surface area contributed by atoms with E-state index in [1.807, 2.05) is 60.9 Å². The van der Waals surface area contributed by atoms with Crippen molar-refractivity contribution in [3.05, 3.63) is 57.3 Å². The molecule has 0 saturated heterocycles. The van der Waals surface area contributed by atoms with E-state index in [9.17, 15) is 4.79 Å². The molecule has 5 nitrogen and oxygen atoms in total. The molecule has 1 heterocycles. The van der Waals surface area contributed by atoms with Gasteiger partial charge in [0.2, 0.25) is 0 Å². The first kappa shape index (κ1) is 19.8. The van der Waals surface area contributed by atoms with E-state index in [0.717, 1.165) is 20.3 Å². The maximum Gasteiger partial charge on any atom is 0.286 e. The minimum Gasteiger partial charge on any atom is -0.484 e. The highest BCUT2D eigenvalue weighted by molar-refractivity contribution is 9.10. The number of carbonyl (C=O) groups is 1. The molecule has 0 fully saturated rings. The molecule has 0 unspecified atom stereocenters. The van der Waals surface area contributed by atoms with Gasteiger partial charge in [-0.3, -0.25) is 4.79 Å². The number of thiazole rings is 1. The molecule has 0 N–H and O–H groups in total. The maximum absolute atomic E-state index is 12.4. The summed E-state index contributed by atoms with van der Waals surface area (Å²) >= 11 is 4.98. The minimum atomic E-state index is -0.313. The Labute approximate surface area is 170 Å². The fourth-order valence-electron chi connectivity index (χ4n) is 2.64. The van der Waals surface area contributed by atoms with Crippen molar-refractivity contribution < 1.29 is 14.3 Å². The lowest BCUT2D eigenvalue weighted by molar-refractivity contribution is -0.120. The Kier molecular flexibility index (Phi) is 6.82. The predicted octanol–water partition coefficient (Wildman–Crippen LogP) is 4.32. The number of amides is 1. The largest absolute Gasteiger partial charge is 0.484 e. The first-order valence-electron chi connectivity index (χ1n) is 8.70. The van der Waals surface area contributed by atoms with Gasteiger partial charge in [-0.15, -0.1) is 0 Å². The number of fused-ring (bicyclic) bond motifs is 1. The molecule has 7 heteroatoms. The van der Waals surface area contributed by atoms with E-state index in [0.29, 0.717) is 30.3 Å². The summed E-state index contributed by atoms with van der Waals surface area (Å²) in [5, 5.41) is 0. The Morgan fingerprint density at radius 2 is 2.11 bits per heavy atom. The smallest absolute Gasteiger partial charge is 0.286 e. The zero-order valence-electron chi connectivity index (χ0n) is 15.3. The van der Waals surface area contributed by atoms with Crippen LogP contribution in [-0.2, 0) is 16.1 Å². The first-order chi connectivity index (χ1) is 13.1. The molecule has 0 saturated carbocycles. The van der Waals surface area contributed by atoms with E-state index in [1.165, 1.54) is 11.3 Å². The van der Waals surface area contributed by atoms with Crippen molar-refractivity contribution in [3.8, 4) is 5.75 Å². The average Bonchev–Trinajstić information content (AvgIpc) is 2.96. The van der Waals surface area contributed by atoms with E-state index in [1.54, 1.807) is 0 Å². The summed E-state index contributed by atoms with van der Waals surface area (Å²) in [5.74, 6) is 0.357. The number of ether oxygens (including phenoxy) is 2. The molecular formula is C20H21BrN2O3S. The Hall–Kier alpha value is -1.96. The lowest BCUT2D eigenvalue weighted by Crippen LogP contribution is -2.21. The molecule has 0 spiro atoms. The van der Waals surface area contributed by atoms with Crippen LogP contribution in [0.5, 0.6) is 5.75 Å². The van der Waals surface area contributed by atoms with Gasteiger partial charge in [0.05, 0.1) is 16.8 Å². The van der Waals surface area contributed by atoms with Crippen molar-refractivity contribution in [1.82, 2.24) is 4.57 Å². The summed E-state index contributed by atoms with van der Waals surface area (Å²) in [6.45, 7) is 5.72. The Bertz CT molecular complexity index is 1010. The van der Waals surface area contributed by atoms with Gasteiger partial charge in [0, 0.05) is 17.6 Å². The Morgan fingerprint density at radius 3 is 2.89 bits per heavy atom. The van der Waals surface area contributed by atoms with E-state index in [-0.39, 0.29) is 12.5 Å². The second-order valence-corrected chi connectivity index (χ2v) is 7.88. The van der Waals surface area contributed by atoms with Gasteiger partial charge in [-0.05, 0) is 49.7 Å². The molecule has 0 bridgehead atoms. The number of aryl methyl sites for hydroxylation is 1. The molecule has 0 aliphatic heterocycles. The van der Waals surface area contributed by atoms with Crippen LogP contribution in [0.4, 0.5) is 0 Å². The highest BCUT2D eigenvalue weighted by Gasteiger charge is 2.09. The number of hydrogen-bond acceptors (Lipinski definition) is 4. The molecule has 1 aromatic heterocycles. The van der Waals surface area contributed by atoms with Crippen LogP contribution in [0.2, 0.25) is 0 Å². The van der Waals surface area contributed by atoms with Crippen molar-refractivity contribution in [2.45, 2.75) is 20.4 Å². The minimum absolute atomic E-state index is 0.0904. The number of halogens is 1. The van der Waals surface area contributed by atoms with E-state index in [2.05, 4.69) is 20.9 Å². The van der Waals surface area contributed by atoms with Crippen molar-refractivity contribution >= 4 is 43.4 Å². The van der Waals surface area contributed by atoms with Crippen LogP contribution >= 0.6 is 27.3 Å². The standard InChI is InChI=1S/C20H21BrN2O3S/c1-3-25-10-9-23-17-8-7-15(21)12-18(17)27-20(23)22-19(24)13-26-16-6-4-5-14(2)11-16/h4-8,11-12H,3,9-10,13H2,1-2H3. The monoisotopic (exact) mass is 448 g/mol. The number of hydrogen-bond donors (Lipinski definition) is 0. The number of benzene rings is 2. The average molecular weight is 449 g/mol. The van der Waals surface area contributed by atoms with Crippen LogP contribution in [0.1, 0.15) is 12.5 Å². The van der Waals surface area contributed by atoms with Gasteiger partial charge in [-0.25, -0.2) is 0 Å². The SMILES string of the molecule is CCOCCn1c(=NC(=O)COc2cccc(C)c2)sc2cc(Br)ccc21. The second kappa shape index (κ2) is 9.30. The first-order valence-corrected chi connectivity index (χ1v) is 10.3. The molecule has 0 aliphatic carbocycles. The third-order valence-corrected chi connectivity index (χ3v) is 5.41. The van der Waals surface area contributed by atoms with E-state index < -0.39 is 0 Å². The molecule has 3 aromatic rings. The lowest BCUT2D eigenvalue weighted by atomic mass is 10.2. The normalized spacial score (nSPS) is 11.9. The highest BCUT2D eigenvalue weighted by Crippen LogP contribution is 2.22. The van der Waals surface area contributed by atoms with Gasteiger partial charge in [0.1, 0.15) is 5.75 Å². The molecular weight excluding hydrogens is 428 g/mol. The van der Waals surface area contributed by atoms with Gasteiger partial charge in [-0.2, -0.15) is 4.99 Å². The van der Waals surface area contributed by atoms with Crippen molar-refractivity contribution in [2.24, 2.45) is 4.99 Å². The van der Waals surface area contributed by atoms with E-state index in [4.69, 9.17) is 9.47 Å². The van der Waals surface area contributed by atoms with Crippen LogP contribution in [-0.4, -0.2) is 30.3 Å². The van der Waals surface area contributed by atoms with Crippen molar-refractivity contribution in [2.75, 3.05) is 19.8 Å². The van der Waals surface area contributed by atoms with Crippen LogP contribution in [0, 0.1) is 6.92 Å². The highest BCUT2D eigenvalue weighted by atomic mass is 79.9. The van der Waals surface area contributed by atoms with Gasteiger partial charge < -0.3 is 14.0 Å². The molecule has 1 amide bonds. The number of nitrogens with zero attached hydrogens (tertiary/aromatic N) is 2. The molecule has 0 radical (unpaired) electrons. The summed E-state index contributed by atoms with van der Waals surface area (Å²) in [7, 11) is 0. The summed E-state index contributed by atoms with van der Waals surface area (Å²) in [6.07, 6.45) is 0. The number of rotatable bonds is 7. The summed E-state index contributed by atoms with van der Waals surface area (Å²) in [6, 6.07) is 13.6. The zero-order valence-corrected chi connectivity index (χ0v) is 17.7. The molecule has 0 atom stereocenters. The third kappa shape index (κ3) is 5.28. The van der Waals surface area contributed by atoms with Gasteiger partial charge >= 0.3 is 0 Å². The molecule has 3 rings (SSSR count). The summed E-state index contributed by atoms with van der Waals surface area (Å²) < 4.78 is 15.1. The second-order valence-electron chi connectivity index (χ2n) is 5.96. The fraction of sp³-hybridized carbons (Fsp3) is 0.300. The topological polar surface area (TPSA) is 52.8 Å².